The van der Waals surface area contributed by atoms with Gasteiger partial charge in [-0.15, -0.1) is 0 Å². The Hall–Kier alpha value is -2.25. The second-order valence-corrected chi connectivity index (χ2v) is 10.8. The van der Waals surface area contributed by atoms with Gasteiger partial charge in [0.2, 0.25) is 5.95 Å². The minimum absolute atomic E-state index is 0.110. The van der Waals surface area contributed by atoms with Crippen LogP contribution in [-0.4, -0.2) is 27.5 Å². The van der Waals surface area contributed by atoms with Crippen LogP contribution in [0, 0.1) is 5.41 Å². The van der Waals surface area contributed by atoms with Crippen molar-refractivity contribution in [3.8, 4) is 0 Å². The summed E-state index contributed by atoms with van der Waals surface area (Å²) in [5.74, 6) is 0.919. The van der Waals surface area contributed by atoms with Crippen LogP contribution in [-0.2, 0) is 6.42 Å². The van der Waals surface area contributed by atoms with E-state index in [1.807, 2.05) is 30.7 Å². The van der Waals surface area contributed by atoms with Crippen molar-refractivity contribution in [1.82, 2.24) is 14.4 Å². The zero-order valence-corrected chi connectivity index (χ0v) is 20.2. The lowest BCUT2D eigenvalue weighted by Gasteiger charge is -2.42. The fourth-order valence-electron chi connectivity index (χ4n) is 5.33. The van der Waals surface area contributed by atoms with Gasteiger partial charge in [-0.3, -0.25) is 4.40 Å². The van der Waals surface area contributed by atoms with Crippen molar-refractivity contribution in [3.63, 3.8) is 0 Å². The molecule has 0 saturated carbocycles. The first kappa shape index (κ1) is 21.3. The quantitative estimate of drug-likeness (QED) is 0.375. The summed E-state index contributed by atoms with van der Waals surface area (Å²) in [7, 11) is 0. The van der Waals surface area contributed by atoms with Gasteiger partial charge in [-0.05, 0) is 47.9 Å². The molecule has 1 saturated heterocycles. The normalized spacial score (nSPS) is 19.4. The third kappa shape index (κ3) is 3.51. The van der Waals surface area contributed by atoms with Crippen LogP contribution in [0.5, 0.6) is 0 Å². The number of anilines is 1. The predicted molar refractivity (Wildman–Crippen MR) is 135 cm³/mol. The molecule has 6 rings (SSSR count). The molecule has 2 aromatic carbocycles. The van der Waals surface area contributed by atoms with Gasteiger partial charge in [-0.2, -0.15) is 0 Å². The lowest BCUT2D eigenvalue weighted by molar-refractivity contribution is 0.186. The van der Waals surface area contributed by atoms with Gasteiger partial charge in [0.05, 0.1) is 14.9 Å². The molecule has 0 radical (unpaired) electrons. The molecule has 1 aliphatic heterocycles. The number of benzene rings is 2. The fourth-order valence-corrected chi connectivity index (χ4v) is 6.73. The molecular formula is C25H23Cl2N5S. The standard InChI is InChI=1S/C25H23Cl2N5S/c26-18-6-3-7-19(21(18)27)33-20-15-30-24(32-13-10-29-23(20)32)31-11-8-25(9-12-31)14-16-4-1-2-5-17(16)22(25)28/h1-7,10,13,15,22H,8-9,11-12,14,28H2/t22-/m1/s1. The maximum atomic E-state index is 6.76. The number of hydrogen-bond acceptors (Lipinski definition) is 5. The smallest absolute Gasteiger partial charge is 0.211 e. The van der Waals surface area contributed by atoms with Gasteiger partial charge in [0.25, 0.3) is 0 Å². The monoisotopic (exact) mass is 495 g/mol. The van der Waals surface area contributed by atoms with Crippen LogP contribution < -0.4 is 10.6 Å². The van der Waals surface area contributed by atoms with Crippen molar-refractivity contribution in [1.29, 1.82) is 0 Å². The Morgan fingerprint density at radius 3 is 2.64 bits per heavy atom. The van der Waals surface area contributed by atoms with Crippen LogP contribution in [0.25, 0.3) is 5.65 Å². The van der Waals surface area contributed by atoms with Gasteiger partial charge in [0.1, 0.15) is 0 Å². The van der Waals surface area contributed by atoms with Crippen LogP contribution >= 0.6 is 35.0 Å². The highest BCUT2D eigenvalue weighted by atomic mass is 35.5. The molecule has 1 fully saturated rings. The van der Waals surface area contributed by atoms with E-state index in [9.17, 15) is 0 Å². The topological polar surface area (TPSA) is 59.5 Å². The molecule has 33 heavy (non-hydrogen) atoms. The largest absolute Gasteiger partial charge is 0.342 e. The number of nitrogens with zero attached hydrogens (tertiary/aromatic N) is 4. The van der Waals surface area contributed by atoms with E-state index < -0.39 is 0 Å². The van der Waals surface area contributed by atoms with Crippen LogP contribution in [0.15, 0.2) is 70.8 Å². The van der Waals surface area contributed by atoms with Crippen LogP contribution in [0.1, 0.15) is 30.0 Å². The van der Waals surface area contributed by atoms with Crippen LogP contribution in [0.3, 0.4) is 0 Å². The van der Waals surface area contributed by atoms with Crippen molar-refractivity contribution in [2.24, 2.45) is 11.1 Å². The Bertz CT molecular complexity index is 1350. The highest BCUT2D eigenvalue weighted by Crippen LogP contribution is 2.51. The molecule has 3 heterocycles. The molecule has 2 N–H and O–H groups in total. The Labute approximate surface area is 206 Å². The van der Waals surface area contributed by atoms with Crippen molar-refractivity contribution >= 4 is 46.6 Å². The summed E-state index contributed by atoms with van der Waals surface area (Å²) < 4.78 is 2.07. The molecule has 0 bridgehead atoms. The van der Waals surface area contributed by atoms with E-state index >= 15 is 0 Å². The van der Waals surface area contributed by atoms with Crippen molar-refractivity contribution in [2.75, 3.05) is 18.0 Å². The summed E-state index contributed by atoms with van der Waals surface area (Å²) in [5.41, 5.74) is 10.5. The Kier molecular flexibility index (Phi) is 5.29. The van der Waals surface area contributed by atoms with Gasteiger partial charge < -0.3 is 10.6 Å². The number of halogens is 2. The number of piperidine rings is 1. The zero-order valence-electron chi connectivity index (χ0n) is 17.9. The molecule has 5 nitrogen and oxygen atoms in total. The van der Waals surface area contributed by atoms with E-state index in [0.717, 1.165) is 53.7 Å². The maximum Gasteiger partial charge on any atom is 0.211 e. The Balaban J connectivity index is 1.25. The molecule has 168 valence electrons. The number of fused-ring (bicyclic) bond motifs is 2. The van der Waals surface area contributed by atoms with Crippen LogP contribution in [0.2, 0.25) is 10.0 Å². The summed E-state index contributed by atoms with van der Waals surface area (Å²) in [4.78, 5) is 13.6. The van der Waals surface area contributed by atoms with E-state index in [1.54, 1.807) is 6.07 Å². The minimum atomic E-state index is 0.110. The maximum absolute atomic E-state index is 6.76. The van der Waals surface area contributed by atoms with Gasteiger partial charge in [0.15, 0.2) is 5.65 Å². The van der Waals surface area contributed by atoms with E-state index in [2.05, 4.69) is 38.6 Å². The molecule has 4 aromatic rings. The number of aromatic nitrogens is 3. The third-order valence-electron chi connectivity index (χ3n) is 7.14. The number of hydrogen-bond donors (Lipinski definition) is 1. The number of nitrogens with two attached hydrogens (primary N) is 1. The fraction of sp³-hybridized carbons (Fsp3) is 0.280. The summed E-state index contributed by atoms with van der Waals surface area (Å²) >= 11 is 14.1. The van der Waals surface area contributed by atoms with Crippen LogP contribution in [0.4, 0.5) is 5.95 Å². The van der Waals surface area contributed by atoms with Crippen molar-refractivity contribution < 1.29 is 0 Å². The average Bonchev–Trinajstić information content (AvgIpc) is 3.42. The molecule has 8 heteroatoms. The first-order chi connectivity index (χ1) is 16.1. The van der Waals surface area contributed by atoms with E-state index in [0.29, 0.717) is 10.0 Å². The SMILES string of the molecule is N[C@@H]1c2ccccc2CC12CCN(c1ncc(Sc3cccc(Cl)c3Cl)c3nccn13)CC2. The summed E-state index contributed by atoms with van der Waals surface area (Å²) in [6.07, 6.45) is 8.86. The van der Waals surface area contributed by atoms with E-state index in [4.69, 9.17) is 33.9 Å². The Morgan fingerprint density at radius 2 is 1.82 bits per heavy atom. The lowest BCUT2D eigenvalue weighted by Crippen LogP contribution is -2.45. The highest BCUT2D eigenvalue weighted by molar-refractivity contribution is 7.99. The number of rotatable bonds is 3. The van der Waals surface area contributed by atoms with E-state index in [-0.39, 0.29) is 11.5 Å². The Morgan fingerprint density at radius 1 is 1.00 bits per heavy atom. The molecule has 2 aromatic heterocycles. The van der Waals surface area contributed by atoms with Crippen molar-refractivity contribution in [3.05, 3.63) is 82.2 Å². The van der Waals surface area contributed by atoms with E-state index in [1.165, 1.54) is 22.9 Å². The predicted octanol–water partition coefficient (Wildman–Crippen LogP) is 6.03. The first-order valence-corrected chi connectivity index (χ1v) is 12.7. The third-order valence-corrected chi connectivity index (χ3v) is 9.14. The molecular weight excluding hydrogens is 473 g/mol. The first-order valence-electron chi connectivity index (χ1n) is 11.1. The lowest BCUT2D eigenvalue weighted by atomic mass is 9.73. The molecule has 1 atom stereocenters. The molecule has 1 aliphatic carbocycles. The van der Waals surface area contributed by atoms with Gasteiger partial charge in [-0.1, -0.05) is 65.3 Å². The molecule has 0 amide bonds. The summed E-state index contributed by atoms with van der Waals surface area (Å²) in [6.45, 7) is 1.85. The highest BCUT2D eigenvalue weighted by Gasteiger charge is 2.46. The van der Waals surface area contributed by atoms with Gasteiger partial charge in [-0.25, -0.2) is 9.97 Å². The number of imidazole rings is 1. The molecule has 2 aliphatic rings. The average molecular weight is 496 g/mol. The summed E-state index contributed by atoms with van der Waals surface area (Å²) in [6, 6.07) is 14.4. The minimum Gasteiger partial charge on any atom is -0.342 e. The van der Waals surface area contributed by atoms with Gasteiger partial charge in [0, 0.05) is 42.6 Å². The van der Waals surface area contributed by atoms with Gasteiger partial charge >= 0.3 is 0 Å². The van der Waals surface area contributed by atoms with Crippen molar-refractivity contribution in [2.45, 2.75) is 35.1 Å². The second-order valence-electron chi connectivity index (χ2n) is 8.90. The second kappa shape index (κ2) is 8.20. The zero-order chi connectivity index (χ0) is 22.6. The molecule has 0 unspecified atom stereocenters. The summed E-state index contributed by atoms with van der Waals surface area (Å²) in [5, 5.41) is 1.09. The molecule has 1 spiro atoms.